The van der Waals surface area contributed by atoms with Crippen LogP contribution in [0.1, 0.15) is 5.82 Å². The van der Waals surface area contributed by atoms with Crippen LogP contribution in [0.15, 0.2) is 22.8 Å². The van der Waals surface area contributed by atoms with Gasteiger partial charge in [0.2, 0.25) is 0 Å². The van der Waals surface area contributed by atoms with Crippen molar-refractivity contribution < 1.29 is 9.47 Å². The second kappa shape index (κ2) is 5.42. The van der Waals surface area contributed by atoms with Crippen LogP contribution < -0.4 is 4.74 Å². The minimum Gasteiger partial charge on any atom is -0.490 e. The van der Waals surface area contributed by atoms with Gasteiger partial charge in [-0.05, 0) is 35.0 Å². The van der Waals surface area contributed by atoms with Gasteiger partial charge in [0.1, 0.15) is 18.2 Å². The first kappa shape index (κ1) is 12.3. The first-order chi connectivity index (χ1) is 8.20. The summed E-state index contributed by atoms with van der Waals surface area (Å²) in [5, 5.41) is 0.964. The summed E-state index contributed by atoms with van der Waals surface area (Å²) in [6, 6.07) is 3.86. The van der Waals surface area contributed by atoms with Gasteiger partial charge in [-0.15, -0.1) is 0 Å². The first-order valence-electron chi connectivity index (χ1n) is 5.25. The number of fused-ring (bicyclic) bond motifs is 1. The number of benzene rings is 1. The largest absolute Gasteiger partial charge is 0.490 e. The number of ether oxygens (including phenoxy) is 2. The number of halogens is 1. The molecule has 0 unspecified atom stereocenters. The van der Waals surface area contributed by atoms with E-state index < -0.39 is 0 Å². The van der Waals surface area contributed by atoms with E-state index in [1.54, 1.807) is 13.3 Å². The average molecular weight is 297 g/mol. The molecular formula is C12H13BrN2O2. The molecule has 0 radical (unpaired) electrons. The zero-order valence-corrected chi connectivity index (χ0v) is 11.3. The fraction of sp³-hybridized carbons (Fsp3) is 0.333. The molecule has 0 bridgehead atoms. The van der Waals surface area contributed by atoms with Gasteiger partial charge < -0.3 is 9.47 Å². The maximum atomic E-state index is 5.59. The van der Waals surface area contributed by atoms with Crippen LogP contribution in [-0.4, -0.2) is 30.3 Å². The van der Waals surface area contributed by atoms with Crippen LogP contribution in [0.4, 0.5) is 0 Å². The van der Waals surface area contributed by atoms with Crippen molar-refractivity contribution in [3.63, 3.8) is 0 Å². The lowest BCUT2D eigenvalue weighted by Crippen LogP contribution is -2.04. The topological polar surface area (TPSA) is 44.2 Å². The molecule has 0 aliphatic carbocycles. The molecular weight excluding hydrogens is 284 g/mol. The van der Waals surface area contributed by atoms with Gasteiger partial charge in [-0.25, -0.2) is 9.97 Å². The van der Waals surface area contributed by atoms with Crippen molar-refractivity contribution in [2.24, 2.45) is 0 Å². The number of rotatable bonds is 4. The van der Waals surface area contributed by atoms with Crippen molar-refractivity contribution in [3.8, 4) is 5.75 Å². The Labute approximate surface area is 108 Å². The molecule has 5 heteroatoms. The van der Waals surface area contributed by atoms with Gasteiger partial charge in [0.05, 0.1) is 16.6 Å². The van der Waals surface area contributed by atoms with E-state index >= 15 is 0 Å². The zero-order valence-electron chi connectivity index (χ0n) is 9.74. The lowest BCUT2D eigenvalue weighted by Gasteiger charge is -2.09. The van der Waals surface area contributed by atoms with Gasteiger partial charge in [-0.3, -0.25) is 0 Å². The van der Waals surface area contributed by atoms with Crippen LogP contribution in [0.5, 0.6) is 5.75 Å². The molecule has 0 aliphatic heterocycles. The number of methoxy groups -OCH3 is 1. The van der Waals surface area contributed by atoms with E-state index in [0.717, 1.165) is 26.9 Å². The Balaban J connectivity index is 2.31. The summed E-state index contributed by atoms with van der Waals surface area (Å²) < 4.78 is 11.4. The standard InChI is InChI=1S/C12H13BrN2O2/c1-8-14-7-9-5-12(17-4-3-16-2)10(13)6-11(9)15-8/h5-7H,3-4H2,1-2H3. The number of aryl methyl sites for hydroxylation is 1. The zero-order chi connectivity index (χ0) is 12.3. The third kappa shape index (κ3) is 2.92. The molecule has 4 nitrogen and oxygen atoms in total. The van der Waals surface area contributed by atoms with Crippen molar-refractivity contribution in [2.45, 2.75) is 6.92 Å². The molecule has 0 atom stereocenters. The van der Waals surface area contributed by atoms with Crippen molar-refractivity contribution in [3.05, 3.63) is 28.6 Å². The van der Waals surface area contributed by atoms with Crippen molar-refractivity contribution in [1.82, 2.24) is 9.97 Å². The first-order valence-corrected chi connectivity index (χ1v) is 6.04. The van der Waals surface area contributed by atoms with E-state index in [9.17, 15) is 0 Å². The normalized spacial score (nSPS) is 10.8. The summed E-state index contributed by atoms with van der Waals surface area (Å²) in [7, 11) is 1.65. The van der Waals surface area contributed by atoms with E-state index in [0.29, 0.717) is 13.2 Å². The highest BCUT2D eigenvalue weighted by Gasteiger charge is 2.05. The third-order valence-corrected chi connectivity index (χ3v) is 2.92. The number of hydrogen-bond donors (Lipinski definition) is 0. The Kier molecular flexibility index (Phi) is 3.91. The van der Waals surface area contributed by atoms with Gasteiger partial charge in [0, 0.05) is 18.7 Å². The molecule has 17 heavy (non-hydrogen) atoms. The third-order valence-electron chi connectivity index (χ3n) is 2.30. The average Bonchev–Trinajstić information content (AvgIpc) is 2.30. The number of hydrogen-bond acceptors (Lipinski definition) is 4. The fourth-order valence-corrected chi connectivity index (χ4v) is 1.92. The molecule has 0 aliphatic rings. The minimum absolute atomic E-state index is 0.521. The number of nitrogens with zero attached hydrogens (tertiary/aromatic N) is 2. The Bertz CT molecular complexity index is 531. The second-order valence-corrected chi connectivity index (χ2v) is 4.45. The maximum absolute atomic E-state index is 5.59. The minimum atomic E-state index is 0.521. The predicted octanol–water partition coefficient (Wildman–Crippen LogP) is 2.73. The van der Waals surface area contributed by atoms with Crippen molar-refractivity contribution >= 4 is 26.8 Å². The van der Waals surface area contributed by atoms with Crippen LogP contribution in [0.2, 0.25) is 0 Å². The molecule has 0 amide bonds. The highest BCUT2D eigenvalue weighted by molar-refractivity contribution is 9.10. The molecule has 0 saturated carbocycles. The van der Waals surface area contributed by atoms with E-state index in [1.807, 2.05) is 19.1 Å². The molecule has 2 aromatic rings. The summed E-state index contributed by atoms with van der Waals surface area (Å²) in [6.07, 6.45) is 1.80. The highest BCUT2D eigenvalue weighted by atomic mass is 79.9. The monoisotopic (exact) mass is 296 g/mol. The van der Waals surface area contributed by atoms with Gasteiger partial charge in [-0.2, -0.15) is 0 Å². The van der Waals surface area contributed by atoms with Crippen molar-refractivity contribution in [1.29, 1.82) is 0 Å². The molecule has 0 N–H and O–H groups in total. The smallest absolute Gasteiger partial charge is 0.134 e. The molecule has 0 fully saturated rings. The molecule has 90 valence electrons. The summed E-state index contributed by atoms with van der Waals surface area (Å²) in [5.41, 5.74) is 0.906. The molecule has 0 spiro atoms. The molecule has 1 heterocycles. The summed E-state index contributed by atoms with van der Waals surface area (Å²) in [6.45, 7) is 2.96. The van der Waals surface area contributed by atoms with Crippen LogP contribution in [0.25, 0.3) is 10.9 Å². The second-order valence-electron chi connectivity index (χ2n) is 3.60. The SMILES string of the molecule is COCCOc1cc2cnc(C)nc2cc1Br. The number of aromatic nitrogens is 2. The Hall–Kier alpha value is -1.20. The highest BCUT2D eigenvalue weighted by Crippen LogP contribution is 2.29. The Morgan fingerprint density at radius 3 is 2.88 bits per heavy atom. The molecule has 2 rings (SSSR count). The van der Waals surface area contributed by atoms with Crippen LogP contribution in [0, 0.1) is 6.92 Å². The van der Waals surface area contributed by atoms with Crippen LogP contribution in [-0.2, 0) is 4.74 Å². The van der Waals surface area contributed by atoms with Crippen LogP contribution in [0.3, 0.4) is 0 Å². The van der Waals surface area contributed by atoms with Crippen LogP contribution >= 0.6 is 15.9 Å². The van der Waals surface area contributed by atoms with Gasteiger partial charge in [0.15, 0.2) is 0 Å². The summed E-state index contributed by atoms with van der Waals surface area (Å²) >= 11 is 3.47. The lowest BCUT2D eigenvalue weighted by atomic mass is 10.2. The molecule has 1 aromatic heterocycles. The summed E-state index contributed by atoms with van der Waals surface area (Å²) in [5.74, 6) is 1.54. The van der Waals surface area contributed by atoms with E-state index in [2.05, 4.69) is 25.9 Å². The van der Waals surface area contributed by atoms with E-state index in [1.165, 1.54) is 0 Å². The molecule has 1 aromatic carbocycles. The van der Waals surface area contributed by atoms with Gasteiger partial charge >= 0.3 is 0 Å². The lowest BCUT2D eigenvalue weighted by molar-refractivity contribution is 0.146. The predicted molar refractivity (Wildman–Crippen MR) is 69.3 cm³/mol. The van der Waals surface area contributed by atoms with Gasteiger partial charge in [-0.1, -0.05) is 0 Å². The quantitative estimate of drug-likeness (QED) is 0.814. The summed E-state index contributed by atoms with van der Waals surface area (Å²) in [4.78, 5) is 8.52. The Morgan fingerprint density at radius 1 is 1.29 bits per heavy atom. The maximum Gasteiger partial charge on any atom is 0.134 e. The Morgan fingerprint density at radius 2 is 2.12 bits per heavy atom. The van der Waals surface area contributed by atoms with E-state index in [-0.39, 0.29) is 0 Å². The van der Waals surface area contributed by atoms with Gasteiger partial charge in [0.25, 0.3) is 0 Å². The van der Waals surface area contributed by atoms with E-state index in [4.69, 9.17) is 9.47 Å². The fourth-order valence-electron chi connectivity index (χ4n) is 1.47. The molecule has 0 saturated heterocycles. The van der Waals surface area contributed by atoms with Crippen molar-refractivity contribution in [2.75, 3.05) is 20.3 Å².